The number of hydrogen-bond acceptors (Lipinski definition) is 3. The van der Waals surface area contributed by atoms with E-state index >= 15 is 0 Å². The van der Waals surface area contributed by atoms with Crippen LogP contribution < -0.4 is 4.90 Å². The van der Waals surface area contributed by atoms with Crippen molar-refractivity contribution in [2.75, 3.05) is 11.9 Å². The first-order chi connectivity index (χ1) is 7.94. The second-order valence-electron chi connectivity index (χ2n) is 5.41. The van der Waals surface area contributed by atoms with Crippen LogP contribution in [0.1, 0.15) is 51.8 Å². The fourth-order valence-electron chi connectivity index (χ4n) is 1.67. The van der Waals surface area contributed by atoms with Crippen LogP contribution in [0, 0.1) is 0 Å². The van der Waals surface area contributed by atoms with Crippen LogP contribution in [0.3, 0.4) is 0 Å². The molecule has 1 saturated carbocycles. The van der Waals surface area contributed by atoms with Gasteiger partial charge in [0.05, 0.1) is 0 Å². The first-order valence-corrected chi connectivity index (χ1v) is 7.01. The minimum absolute atomic E-state index is 0.120. The van der Waals surface area contributed by atoms with E-state index in [1.165, 1.54) is 12.8 Å². The fourth-order valence-corrected chi connectivity index (χ4v) is 2.05. The molecule has 0 amide bonds. The van der Waals surface area contributed by atoms with Gasteiger partial charge in [0.1, 0.15) is 16.2 Å². The Labute approximate surface area is 112 Å². The summed E-state index contributed by atoms with van der Waals surface area (Å²) in [6.45, 7) is 6.67. The van der Waals surface area contributed by atoms with Crippen LogP contribution in [-0.4, -0.2) is 22.6 Å². The molecule has 0 aromatic carbocycles. The molecule has 0 bridgehead atoms. The zero-order valence-corrected chi connectivity index (χ0v) is 12.6. The van der Waals surface area contributed by atoms with Gasteiger partial charge in [0.25, 0.3) is 0 Å². The van der Waals surface area contributed by atoms with E-state index in [2.05, 4.69) is 53.6 Å². The maximum absolute atomic E-state index is 4.69. The molecular weight excluding hydrogens is 278 g/mol. The molecule has 0 N–H and O–H groups in total. The second-order valence-corrected chi connectivity index (χ2v) is 6.22. The van der Waals surface area contributed by atoms with Crippen molar-refractivity contribution in [2.24, 2.45) is 0 Å². The quantitative estimate of drug-likeness (QED) is 0.793. The van der Waals surface area contributed by atoms with E-state index in [1.54, 1.807) is 0 Å². The first-order valence-electron chi connectivity index (χ1n) is 6.22. The highest BCUT2D eigenvalue weighted by atomic mass is 79.9. The van der Waals surface area contributed by atoms with Gasteiger partial charge < -0.3 is 4.90 Å². The summed E-state index contributed by atoms with van der Waals surface area (Å²) in [7, 11) is 2.11. The predicted octanol–water partition coefficient (Wildman–Crippen LogP) is 3.74. The number of nitrogens with zero attached hydrogens (tertiary/aromatic N) is 3. The van der Waals surface area contributed by atoms with E-state index in [1.807, 2.05) is 6.07 Å². The molecule has 17 heavy (non-hydrogen) atoms. The van der Waals surface area contributed by atoms with E-state index in [0.29, 0.717) is 5.92 Å². The van der Waals surface area contributed by atoms with Gasteiger partial charge in [-0.3, -0.25) is 0 Å². The number of anilines is 1. The van der Waals surface area contributed by atoms with Gasteiger partial charge in [-0.2, -0.15) is 0 Å². The lowest BCUT2D eigenvalue weighted by molar-refractivity contribution is 0.466. The summed E-state index contributed by atoms with van der Waals surface area (Å²) in [5, 5.41) is 0. The molecule has 0 atom stereocenters. The SMILES string of the molecule is CCC(C)(C)N(C)c1cc(Br)nc(C2CC2)n1. The second kappa shape index (κ2) is 4.56. The van der Waals surface area contributed by atoms with E-state index in [-0.39, 0.29) is 5.54 Å². The lowest BCUT2D eigenvalue weighted by Crippen LogP contribution is -2.41. The van der Waals surface area contributed by atoms with Gasteiger partial charge in [0, 0.05) is 24.6 Å². The molecule has 2 rings (SSSR count). The minimum atomic E-state index is 0.120. The Morgan fingerprint density at radius 3 is 2.59 bits per heavy atom. The monoisotopic (exact) mass is 297 g/mol. The van der Waals surface area contributed by atoms with Crippen molar-refractivity contribution >= 4 is 21.7 Å². The molecule has 1 fully saturated rings. The standard InChI is InChI=1S/C13H20BrN3/c1-5-13(2,3)17(4)11-8-10(14)15-12(16-11)9-6-7-9/h8-9H,5-7H2,1-4H3. The maximum Gasteiger partial charge on any atom is 0.135 e. The molecule has 1 aromatic heterocycles. The molecule has 0 radical (unpaired) electrons. The Balaban J connectivity index is 2.31. The summed E-state index contributed by atoms with van der Waals surface area (Å²) >= 11 is 3.49. The van der Waals surface area contributed by atoms with Gasteiger partial charge in [-0.1, -0.05) is 6.92 Å². The maximum atomic E-state index is 4.69. The van der Waals surface area contributed by atoms with Crippen molar-refractivity contribution in [3.05, 3.63) is 16.5 Å². The molecule has 0 aliphatic heterocycles. The van der Waals surface area contributed by atoms with Gasteiger partial charge in [-0.05, 0) is 49.0 Å². The highest BCUT2D eigenvalue weighted by molar-refractivity contribution is 9.10. The lowest BCUT2D eigenvalue weighted by Gasteiger charge is -2.36. The van der Waals surface area contributed by atoms with Gasteiger partial charge in [0.2, 0.25) is 0 Å². The van der Waals surface area contributed by atoms with E-state index in [4.69, 9.17) is 4.98 Å². The molecule has 0 unspecified atom stereocenters. The highest BCUT2D eigenvalue weighted by Gasteiger charge is 2.29. The van der Waals surface area contributed by atoms with Crippen LogP contribution in [0.15, 0.2) is 10.7 Å². The van der Waals surface area contributed by atoms with Crippen LogP contribution >= 0.6 is 15.9 Å². The molecule has 3 nitrogen and oxygen atoms in total. The van der Waals surface area contributed by atoms with Crippen LogP contribution in [-0.2, 0) is 0 Å². The number of rotatable bonds is 4. The van der Waals surface area contributed by atoms with E-state index in [0.717, 1.165) is 22.7 Å². The molecule has 0 spiro atoms. The lowest BCUT2D eigenvalue weighted by atomic mass is 10.0. The Kier molecular flexibility index (Phi) is 3.43. The van der Waals surface area contributed by atoms with Gasteiger partial charge in [-0.15, -0.1) is 0 Å². The largest absolute Gasteiger partial charge is 0.354 e. The highest BCUT2D eigenvalue weighted by Crippen LogP contribution is 2.39. The van der Waals surface area contributed by atoms with Crippen molar-refractivity contribution in [3.63, 3.8) is 0 Å². The van der Waals surface area contributed by atoms with E-state index in [9.17, 15) is 0 Å². The molecule has 0 saturated heterocycles. The third-order valence-electron chi connectivity index (χ3n) is 3.76. The molecule has 94 valence electrons. The van der Waals surface area contributed by atoms with Crippen LogP contribution in [0.4, 0.5) is 5.82 Å². The van der Waals surface area contributed by atoms with Crippen LogP contribution in [0.5, 0.6) is 0 Å². The summed E-state index contributed by atoms with van der Waals surface area (Å²) in [5.41, 5.74) is 0.120. The number of hydrogen-bond donors (Lipinski definition) is 0. The minimum Gasteiger partial charge on any atom is -0.354 e. The third kappa shape index (κ3) is 2.79. The smallest absolute Gasteiger partial charge is 0.135 e. The average molecular weight is 298 g/mol. The molecule has 1 heterocycles. The van der Waals surface area contributed by atoms with Crippen LogP contribution in [0.25, 0.3) is 0 Å². The normalized spacial score (nSPS) is 16.1. The summed E-state index contributed by atoms with van der Waals surface area (Å²) in [6, 6.07) is 2.00. The topological polar surface area (TPSA) is 29.0 Å². The number of aromatic nitrogens is 2. The van der Waals surface area contributed by atoms with Crippen molar-refractivity contribution < 1.29 is 0 Å². The molecule has 1 aliphatic carbocycles. The van der Waals surface area contributed by atoms with E-state index < -0.39 is 0 Å². The fraction of sp³-hybridized carbons (Fsp3) is 0.692. The predicted molar refractivity (Wildman–Crippen MR) is 74.5 cm³/mol. The molecule has 4 heteroatoms. The Morgan fingerprint density at radius 1 is 1.41 bits per heavy atom. The molecule has 1 aliphatic rings. The van der Waals surface area contributed by atoms with Crippen molar-refractivity contribution in [1.82, 2.24) is 9.97 Å². The zero-order valence-electron chi connectivity index (χ0n) is 11.0. The van der Waals surface area contributed by atoms with Crippen LogP contribution in [0.2, 0.25) is 0 Å². The third-order valence-corrected chi connectivity index (χ3v) is 4.16. The van der Waals surface area contributed by atoms with Gasteiger partial charge in [-0.25, -0.2) is 9.97 Å². The van der Waals surface area contributed by atoms with Crippen molar-refractivity contribution in [3.8, 4) is 0 Å². The summed E-state index contributed by atoms with van der Waals surface area (Å²) in [6.07, 6.45) is 3.55. The zero-order chi connectivity index (χ0) is 12.6. The summed E-state index contributed by atoms with van der Waals surface area (Å²) in [4.78, 5) is 11.4. The number of halogens is 1. The van der Waals surface area contributed by atoms with Crippen molar-refractivity contribution in [2.45, 2.75) is 51.5 Å². The molecule has 1 aromatic rings. The van der Waals surface area contributed by atoms with Gasteiger partial charge in [0.15, 0.2) is 0 Å². The Bertz CT molecular complexity index is 413. The summed E-state index contributed by atoms with van der Waals surface area (Å²) in [5.74, 6) is 2.60. The van der Waals surface area contributed by atoms with Crippen molar-refractivity contribution in [1.29, 1.82) is 0 Å². The Hall–Kier alpha value is -0.640. The Morgan fingerprint density at radius 2 is 2.06 bits per heavy atom. The molecular formula is C13H20BrN3. The first kappa shape index (κ1) is 12.8. The van der Waals surface area contributed by atoms with Gasteiger partial charge >= 0.3 is 0 Å². The average Bonchev–Trinajstić information content (AvgIpc) is 3.11. The summed E-state index contributed by atoms with van der Waals surface area (Å²) < 4.78 is 0.892.